The zero-order valence-electron chi connectivity index (χ0n) is 14.5. The fraction of sp³-hybridized carbons (Fsp3) is 0.882. The third-order valence-corrected chi connectivity index (χ3v) is 4.29. The van der Waals surface area contributed by atoms with Gasteiger partial charge in [-0.25, -0.2) is 0 Å². The van der Waals surface area contributed by atoms with Crippen LogP contribution in [0.5, 0.6) is 0 Å². The van der Waals surface area contributed by atoms with E-state index in [1.165, 1.54) is 0 Å². The fourth-order valence-corrected chi connectivity index (χ4v) is 2.76. The lowest BCUT2D eigenvalue weighted by molar-refractivity contribution is -0.143. The second-order valence-corrected chi connectivity index (χ2v) is 7.21. The quantitative estimate of drug-likeness (QED) is 0.710. The van der Waals surface area contributed by atoms with Gasteiger partial charge in [-0.3, -0.25) is 14.5 Å². The molecule has 1 heterocycles. The molecule has 1 rings (SSSR count). The van der Waals surface area contributed by atoms with Gasteiger partial charge in [-0.05, 0) is 44.1 Å². The molecular formula is C17H32N2O3. The van der Waals surface area contributed by atoms with Gasteiger partial charge in [-0.15, -0.1) is 0 Å². The van der Waals surface area contributed by atoms with Crippen LogP contribution in [0.1, 0.15) is 53.4 Å². The Morgan fingerprint density at radius 2 is 1.68 bits per heavy atom. The van der Waals surface area contributed by atoms with Crippen LogP contribution in [0.25, 0.3) is 0 Å². The van der Waals surface area contributed by atoms with E-state index in [1.807, 2.05) is 9.80 Å². The van der Waals surface area contributed by atoms with E-state index >= 15 is 0 Å². The van der Waals surface area contributed by atoms with Gasteiger partial charge in [-0.1, -0.05) is 27.7 Å². The number of rotatable bonds is 9. The molecule has 0 unspecified atom stereocenters. The molecular weight excluding hydrogens is 280 g/mol. The first-order valence-electron chi connectivity index (χ1n) is 8.55. The minimum atomic E-state index is -0.804. The van der Waals surface area contributed by atoms with Gasteiger partial charge in [0.1, 0.15) is 6.04 Å². The molecule has 0 radical (unpaired) electrons. The molecule has 0 aromatic carbocycles. The summed E-state index contributed by atoms with van der Waals surface area (Å²) < 4.78 is 0. The Morgan fingerprint density at radius 1 is 1.14 bits per heavy atom. The number of carboxylic acid groups (broad SMARTS) is 1. The summed E-state index contributed by atoms with van der Waals surface area (Å²) in [6.45, 7) is 11.1. The maximum Gasteiger partial charge on any atom is 0.320 e. The molecule has 1 amide bonds. The van der Waals surface area contributed by atoms with Crippen molar-refractivity contribution in [2.45, 2.75) is 59.4 Å². The number of carbonyl (C=O) groups is 2. The number of aliphatic carboxylic acids is 1. The second kappa shape index (κ2) is 9.13. The highest BCUT2D eigenvalue weighted by molar-refractivity contribution is 5.80. The summed E-state index contributed by atoms with van der Waals surface area (Å²) in [5.41, 5.74) is 0. The Balaban J connectivity index is 2.59. The fourth-order valence-electron chi connectivity index (χ4n) is 2.76. The number of carbonyl (C=O) groups excluding carboxylic acids is 1. The van der Waals surface area contributed by atoms with E-state index in [-0.39, 0.29) is 12.5 Å². The van der Waals surface area contributed by atoms with Crippen LogP contribution in [-0.4, -0.2) is 59.0 Å². The zero-order valence-corrected chi connectivity index (χ0v) is 14.5. The van der Waals surface area contributed by atoms with Crippen molar-refractivity contribution in [3.63, 3.8) is 0 Å². The van der Waals surface area contributed by atoms with Crippen molar-refractivity contribution in [1.82, 2.24) is 9.80 Å². The van der Waals surface area contributed by atoms with Gasteiger partial charge in [0.25, 0.3) is 0 Å². The number of hydrogen-bond donors (Lipinski definition) is 1. The van der Waals surface area contributed by atoms with Gasteiger partial charge in [-0.2, -0.15) is 0 Å². The summed E-state index contributed by atoms with van der Waals surface area (Å²) in [4.78, 5) is 27.6. The van der Waals surface area contributed by atoms with Crippen LogP contribution < -0.4 is 0 Å². The molecule has 0 spiro atoms. The maximum atomic E-state index is 12.6. The summed E-state index contributed by atoms with van der Waals surface area (Å²) in [6.07, 6.45) is 3.50. The molecule has 0 aromatic rings. The molecule has 5 nitrogen and oxygen atoms in total. The van der Waals surface area contributed by atoms with Crippen LogP contribution in [0, 0.1) is 11.8 Å². The van der Waals surface area contributed by atoms with Gasteiger partial charge in [0, 0.05) is 13.1 Å². The SMILES string of the molecule is CC(C)CCN(CCC(C)C)C(=O)CN1CCC[C@H]1C(=O)O. The smallest absolute Gasteiger partial charge is 0.320 e. The minimum absolute atomic E-state index is 0.0782. The molecule has 0 aromatic heterocycles. The van der Waals surface area contributed by atoms with Gasteiger partial charge >= 0.3 is 5.97 Å². The van der Waals surface area contributed by atoms with Crippen LogP contribution in [-0.2, 0) is 9.59 Å². The molecule has 1 aliphatic rings. The van der Waals surface area contributed by atoms with Gasteiger partial charge in [0.05, 0.1) is 6.54 Å². The van der Waals surface area contributed by atoms with Crippen molar-refractivity contribution in [3.8, 4) is 0 Å². The second-order valence-electron chi connectivity index (χ2n) is 7.21. The van der Waals surface area contributed by atoms with Gasteiger partial charge in [0.15, 0.2) is 0 Å². The monoisotopic (exact) mass is 312 g/mol. The standard InChI is InChI=1S/C17H32N2O3/c1-13(2)7-10-18(11-8-14(3)4)16(20)12-19-9-5-6-15(19)17(21)22/h13-15H,5-12H2,1-4H3,(H,21,22)/t15-/m0/s1. The van der Waals surface area contributed by atoms with Crippen molar-refractivity contribution in [1.29, 1.82) is 0 Å². The lowest BCUT2D eigenvalue weighted by Crippen LogP contribution is -2.45. The van der Waals surface area contributed by atoms with E-state index < -0.39 is 12.0 Å². The average Bonchev–Trinajstić information content (AvgIpc) is 2.86. The van der Waals surface area contributed by atoms with Crippen molar-refractivity contribution in [2.24, 2.45) is 11.8 Å². The van der Waals surface area contributed by atoms with Crippen LogP contribution in [0.3, 0.4) is 0 Å². The molecule has 22 heavy (non-hydrogen) atoms. The molecule has 1 saturated heterocycles. The van der Waals surface area contributed by atoms with Crippen LogP contribution in [0.4, 0.5) is 0 Å². The van der Waals surface area contributed by atoms with Gasteiger partial charge < -0.3 is 10.0 Å². The summed E-state index contributed by atoms with van der Waals surface area (Å²) in [5.74, 6) is 0.400. The van der Waals surface area contributed by atoms with E-state index in [1.54, 1.807) is 0 Å². The Bertz CT molecular complexity index is 357. The predicted octanol–water partition coefficient (Wildman–Crippen LogP) is 2.46. The van der Waals surface area contributed by atoms with Crippen molar-refractivity contribution in [2.75, 3.05) is 26.2 Å². The third-order valence-electron chi connectivity index (χ3n) is 4.29. The van der Waals surface area contributed by atoms with Crippen LogP contribution >= 0.6 is 0 Å². The third kappa shape index (κ3) is 6.34. The molecule has 5 heteroatoms. The number of hydrogen-bond acceptors (Lipinski definition) is 3. The zero-order chi connectivity index (χ0) is 16.7. The normalized spacial score (nSPS) is 19.1. The molecule has 0 aliphatic carbocycles. The Morgan fingerprint density at radius 3 is 2.14 bits per heavy atom. The largest absolute Gasteiger partial charge is 0.480 e. The van der Waals surface area contributed by atoms with Crippen LogP contribution in [0.15, 0.2) is 0 Å². The predicted molar refractivity (Wildman–Crippen MR) is 87.7 cm³/mol. The van der Waals surface area contributed by atoms with E-state index in [0.29, 0.717) is 24.8 Å². The average molecular weight is 312 g/mol. The number of nitrogens with zero attached hydrogens (tertiary/aromatic N) is 2. The molecule has 1 fully saturated rings. The highest BCUT2D eigenvalue weighted by Crippen LogP contribution is 2.17. The first kappa shape index (κ1) is 18.9. The van der Waals surface area contributed by atoms with E-state index in [9.17, 15) is 14.7 Å². The Labute approximate surface area is 134 Å². The molecule has 0 saturated carbocycles. The van der Waals surface area contributed by atoms with E-state index in [4.69, 9.17) is 0 Å². The first-order chi connectivity index (χ1) is 10.3. The molecule has 0 bridgehead atoms. The minimum Gasteiger partial charge on any atom is -0.480 e. The number of carboxylic acids is 1. The first-order valence-corrected chi connectivity index (χ1v) is 8.55. The van der Waals surface area contributed by atoms with Crippen molar-refractivity contribution < 1.29 is 14.7 Å². The Hall–Kier alpha value is -1.10. The molecule has 1 N–H and O–H groups in total. The van der Waals surface area contributed by atoms with Gasteiger partial charge in [0.2, 0.25) is 5.91 Å². The highest BCUT2D eigenvalue weighted by atomic mass is 16.4. The molecule has 1 atom stereocenters. The summed E-state index contributed by atoms with van der Waals surface area (Å²) >= 11 is 0. The molecule has 1 aliphatic heterocycles. The lowest BCUT2D eigenvalue weighted by Gasteiger charge is -2.28. The summed E-state index contributed by atoms with van der Waals surface area (Å²) in [7, 11) is 0. The summed E-state index contributed by atoms with van der Waals surface area (Å²) in [6, 6.07) is -0.485. The molecule has 128 valence electrons. The topological polar surface area (TPSA) is 60.9 Å². The van der Waals surface area contributed by atoms with E-state index in [0.717, 1.165) is 32.4 Å². The Kier molecular flexibility index (Phi) is 7.87. The number of amides is 1. The van der Waals surface area contributed by atoms with Crippen LogP contribution in [0.2, 0.25) is 0 Å². The highest BCUT2D eigenvalue weighted by Gasteiger charge is 2.32. The summed E-state index contributed by atoms with van der Waals surface area (Å²) in [5, 5.41) is 9.22. The van der Waals surface area contributed by atoms with E-state index in [2.05, 4.69) is 27.7 Å². The van der Waals surface area contributed by atoms with Crippen molar-refractivity contribution >= 4 is 11.9 Å². The lowest BCUT2D eigenvalue weighted by atomic mass is 10.1. The number of likely N-dealkylation sites (tertiary alicyclic amines) is 1. The maximum absolute atomic E-state index is 12.6. The van der Waals surface area contributed by atoms with Crippen molar-refractivity contribution in [3.05, 3.63) is 0 Å².